The average Bonchev–Trinajstić information content (AvgIpc) is 2.36. The summed E-state index contributed by atoms with van der Waals surface area (Å²) >= 11 is 0. The third kappa shape index (κ3) is 2.80. The minimum atomic E-state index is -0.827. The van der Waals surface area contributed by atoms with Crippen molar-refractivity contribution in [3.8, 4) is 0 Å². The van der Waals surface area contributed by atoms with E-state index in [1.807, 2.05) is 0 Å². The molecule has 0 amide bonds. The van der Waals surface area contributed by atoms with Gasteiger partial charge in [0.15, 0.2) is 11.6 Å². The minimum Gasteiger partial charge on any atom is -0.379 e. The van der Waals surface area contributed by atoms with E-state index in [4.69, 9.17) is 10.5 Å². The molecule has 0 radical (unpaired) electrons. The highest BCUT2D eigenvalue weighted by Gasteiger charge is 2.22. The maximum absolute atomic E-state index is 13.2. The average molecular weight is 242 g/mol. The van der Waals surface area contributed by atoms with Crippen LogP contribution in [0.2, 0.25) is 0 Å². The molecule has 1 atom stereocenters. The van der Waals surface area contributed by atoms with Crippen LogP contribution in [-0.2, 0) is 4.74 Å². The van der Waals surface area contributed by atoms with Crippen LogP contribution in [0.15, 0.2) is 18.2 Å². The second-order valence-corrected chi connectivity index (χ2v) is 4.07. The Balaban J connectivity index is 2.18. The van der Waals surface area contributed by atoms with E-state index in [0.29, 0.717) is 25.3 Å². The van der Waals surface area contributed by atoms with Crippen molar-refractivity contribution in [3.05, 3.63) is 35.4 Å². The Morgan fingerprint density at radius 3 is 2.53 bits per heavy atom. The van der Waals surface area contributed by atoms with E-state index >= 15 is 0 Å². The van der Waals surface area contributed by atoms with Crippen LogP contribution >= 0.6 is 0 Å². The molecule has 1 aromatic carbocycles. The van der Waals surface area contributed by atoms with Crippen LogP contribution in [0, 0.1) is 11.6 Å². The van der Waals surface area contributed by atoms with Crippen LogP contribution in [0.1, 0.15) is 11.6 Å². The zero-order valence-corrected chi connectivity index (χ0v) is 9.53. The predicted molar refractivity (Wildman–Crippen MR) is 60.5 cm³/mol. The van der Waals surface area contributed by atoms with Crippen molar-refractivity contribution >= 4 is 0 Å². The number of rotatable bonds is 3. The first-order valence-electron chi connectivity index (χ1n) is 5.69. The number of nitrogens with zero attached hydrogens (tertiary/aromatic N) is 1. The zero-order valence-electron chi connectivity index (χ0n) is 9.53. The first-order valence-corrected chi connectivity index (χ1v) is 5.69. The number of halogens is 2. The lowest BCUT2D eigenvalue weighted by Gasteiger charge is -2.34. The summed E-state index contributed by atoms with van der Waals surface area (Å²) in [6, 6.07) is 3.88. The van der Waals surface area contributed by atoms with E-state index in [1.165, 1.54) is 6.07 Å². The summed E-state index contributed by atoms with van der Waals surface area (Å²) in [7, 11) is 0. The molecule has 1 saturated heterocycles. The molecule has 1 heterocycles. The molecule has 0 saturated carbocycles. The molecule has 1 aromatic rings. The van der Waals surface area contributed by atoms with Gasteiger partial charge in [-0.1, -0.05) is 6.07 Å². The van der Waals surface area contributed by atoms with E-state index in [9.17, 15) is 8.78 Å². The van der Waals surface area contributed by atoms with Crippen molar-refractivity contribution in [2.75, 3.05) is 32.8 Å². The Labute approximate surface area is 99.2 Å². The summed E-state index contributed by atoms with van der Waals surface area (Å²) in [4.78, 5) is 2.14. The molecular formula is C12H16F2N2O. The van der Waals surface area contributed by atoms with E-state index in [2.05, 4.69) is 4.90 Å². The van der Waals surface area contributed by atoms with Gasteiger partial charge in [0.2, 0.25) is 0 Å². The summed E-state index contributed by atoms with van der Waals surface area (Å²) in [5.74, 6) is -1.65. The highest BCUT2D eigenvalue weighted by molar-refractivity contribution is 5.22. The molecule has 0 bridgehead atoms. The smallest absolute Gasteiger partial charge is 0.159 e. The van der Waals surface area contributed by atoms with Crippen molar-refractivity contribution in [1.82, 2.24) is 4.90 Å². The molecule has 2 N–H and O–H groups in total. The van der Waals surface area contributed by atoms with Crippen molar-refractivity contribution < 1.29 is 13.5 Å². The summed E-state index contributed by atoms with van der Waals surface area (Å²) in [5.41, 5.74) is 6.44. The fourth-order valence-electron chi connectivity index (χ4n) is 2.10. The number of hydrogen-bond donors (Lipinski definition) is 1. The lowest BCUT2D eigenvalue weighted by molar-refractivity contribution is 0.0178. The summed E-state index contributed by atoms with van der Waals surface area (Å²) in [6.07, 6.45) is 0. The molecule has 2 rings (SSSR count). The van der Waals surface area contributed by atoms with Crippen LogP contribution in [0.25, 0.3) is 0 Å². The maximum Gasteiger partial charge on any atom is 0.159 e. The van der Waals surface area contributed by atoms with Gasteiger partial charge in [-0.2, -0.15) is 0 Å². The lowest BCUT2D eigenvalue weighted by Crippen LogP contribution is -2.41. The van der Waals surface area contributed by atoms with Gasteiger partial charge in [-0.15, -0.1) is 0 Å². The van der Waals surface area contributed by atoms with Gasteiger partial charge >= 0.3 is 0 Å². The van der Waals surface area contributed by atoms with Crippen LogP contribution in [0.4, 0.5) is 8.78 Å². The van der Waals surface area contributed by atoms with Gasteiger partial charge in [0, 0.05) is 25.7 Å². The monoisotopic (exact) mass is 242 g/mol. The van der Waals surface area contributed by atoms with Gasteiger partial charge in [0.05, 0.1) is 13.2 Å². The first-order chi connectivity index (χ1) is 8.22. The molecule has 0 aromatic heterocycles. The Morgan fingerprint density at radius 2 is 1.94 bits per heavy atom. The highest BCUT2D eigenvalue weighted by atomic mass is 19.2. The third-order valence-electron chi connectivity index (χ3n) is 3.04. The van der Waals surface area contributed by atoms with Crippen LogP contribution < -0.4 is 5.73 Å². The predicted octanol–water partition coefficient (Wildman–Crippen LogP) is 1.30. The van der Waals surface area contributed by atoms with E-state index in [-0.39, 0.29) is 6.04 Å². The molecule has 94 valence electrons. The Morgan fingerprint density at radius 1 is 1.24 bits per heavy atom. The van der Waals surface area contributed by atoms with Gasteiger partial charge < -0.3 is 10.5 Å². The van der Waals surface area contributed by atoms with Crippen LogP contribution in [0.5, 0.6) is 0 Å². The van der Waals surface area contributed by atoms with Crippen LogP contribution in [0.3, 0.4) is 0 Å². The zero-order chi connectivity index (χ0) is 12.3. The molecular weight excluding hydrogens is 226 g/mol. The van der Waals surface area contributed by atoms with E-state index in [1.54, 1.807) is 6.07 Å². The SMILES string of the molecule is NC[C@@H](c1ccc(F)c(F)c1)N1CCOCC1. The van der Waals surface area contributed by atoms with Crippen molar-refractivity contribution in [2.24, 2.45) is 5.73 Å². The number of benzene rings is 1. The standard InChI is InChI=1S/C12H16F2N2O/c13-10-2-1-9(7-11(10)14)12(8-15)16-3-5-17-6-4-16/h1-2,7,12H,3-6,8,15H2/t12-/m0/s1. The molecule has 0 unspecified atom stereocenters. The van der Waals surface area contributed by atoms with E-state index < -0.39 is 11.6 Å². The van der Waals surface area contributed by atoms with Crippen molar-refractivity contribution in [1.29, 1.82) is 0 Å². The second-order valence-electron chi connectivity index (χ2n) is 4.07. The molecule has 1 fully saturated rings. The van der Waals surface area contributed by atoms with Crippen molar-refractivity contribution in [2.45, 2.75) is 6.04 Å². The Hall–Kier alpha value is -1.04. The summed E-state index contributed by atoms with van der Waals surface area (Å²) in [6.45, 7) is 3.22. The molecule has 1 aliphatic heterocycles. The summed E-state index contributed by atoms with van der Waals surface area (Å²) in [5, 5.41) is 0. The van der Waals surface area contributed by atoms with Crippen LogP contribution in [-0.4, -0.2) is 37.7 Å². The van der Waals surface area contributed by atoms with Gasteiger partial charge in [-0.05, 0) is 17.7 Å². The van der Waals surface area contributed by atoms with E-state index in [0.717, 1.165) is 19.2 Å². The first kappa shape index (κ1) is 12.4. The van der Waals surface area contributed by atoms with Gasteiger partial charge in [0.25, 0.3) is 0 Å². The molecule has 0 aliphatic carbocycles. The number of ether oxygens (including phenoxy) is 1. The molecule has 3 nitrogen and oxygen atoms in total. The maximum atomic E-state index is 13.2. The fourth-order valence-corrected chi connectivity index (χ4v) is 2.10. The van der Waals surface area contributed by atoms with Gasteiger partial charge in [-0.3, -0.25) is 4.90 Å². The number of morpholine rings is 1. The lowest BCUT2D eigenvalue weighted by atomic mass is 10.0. The Bertz CT molecular complexity index is 381. The molecule has 0 spiro atoms. The summed E-state index contributed by atoms with van der Waals surface area (Å²) < 4.78 is 31.3. The normalized spacial score (nSPS) is 19.2. The number of nitrogens with two attached hydrogens (primary N) is 1. The number of hydrogen-bond acceptors (Lipinski definition) is 3. The quantitative estimate of drug-likeness (QED) is 0.868. The molecule has 17 heavy (non-hydrogen) atoms. The molecule has 5 heteroatoms. The second kappa shape index (κ2) is 5.53. The third-order valence-corrected chi connectivity index (χ3v) is 3.04. The topological polar surface area (TPSA) is 38.5 Å². The largest absolute Gasteiger partial charge is 0.379 e. The van der Waals surface area contributed by atoms with Gasteiger partial charge in [-0.25, -0.2) is 8.78 Å². The fraction of sp³-hybridized carbons (Fsp3) is 0.500. The minimum absolute atomic E-state index is 0.0750. The molecule has 1 aliphatic rings. The Kier molecular flexibility index (Phi) is 4.04. The highest BCUT2D eigenvalue weighted by Crippen LogP contribution is 2.22. The van der Waals surface area contributed by atoms with Gasteiger partial charge in [0.1, 0.15) is 0 Å². The van der Waals surface area contributed by atoms with Crippen molar-refractivity contribution in [3.63, 3.8) is 0 Å².